The molecule has 1 aromatic carbocycles. The lowest BCUT2D eigenvalue weighted by Gasteiger charge is -2.42. The first-order valence-electron chi connectivity index (χ1n) is 9.24. The fourth-order valence-electron chi connectivity index (χ4n) is 4.13. The van der Waals surface area contributed by atoms with Crippen LogP contribution in [0.25, 0.3) is 0 Å². The maximum atomic E-state index is 12.7. The van der Waals surface area contributed by atoms with Gasteiger partial charge in [-0.15, -0.1) is 0 Å². The van der Waals surface area contributed by atoms with Crippen molar-refractivity contribution in [3.8, 4) is 5.75 Å². The number of carbonyl (C=O) groups is 1. The Morgan fingerprint density at radius 3 is 2.38 bits per heavy atom. The van der Waals surface area contributed by atoms with Gasteiger partial charge in [0.05, 0.1) is 10.0 Å². The average Bonchev–Trinajstić information content (AvgIpc) is 3.14. The summed E-state index contributed by atoms with van der Waals surface area (Å²) in [6.45, 7) is 2.21. The molecule has 1 saturated carbocycles. The van der Waals surface area contributed by atoms with Crippen molar-refractivity contribution < 1.29 is 9.53 Å². The molecule has 0 N–H and O–H groups in total. The molecule has 1 amide bonds. The van der Waals surface area contributed by atoms with E-state index >= 15 is 0 Å². The van der Waals surface area contributed by atoms with Crippen LogP contribution in [0.4, 0.5) is 0 Å². The van der Waals surface area contributed by atoms with Gasteiger partial charge < -0.3 is 9.64 Å². The summed E-state index contributed by atoms with van der Waals surface area (Å²) in [6, 6.07) is 3.82. The Hall–Kier alpha value is -0.680. The van der Waals surface area contributed by atoms with Crippen LogP contribution >= 0.6 is 34.8 Å². The first-order chi connectivity index (χ1) is 12.5. The summed E-state index contributed by atoms with van der Waals surface area (Å²) in [5, 5.41) is 1.06. The van der Waals surface area contributed by atoms with Gasteiger partial charge >= 0.3 is 0 Å². The highest BCUT2D eigenvalue weighted by Gasteiger charge is 2.35. The second-order valence-electron chi connectivity index (χ2n) is 7.15. The molecule has 3 rings (SSSR count). The van der Waals surface area contributed by atoms with E-state index in [-0.39, 0.29) is 18.6 Å². The minimum absolute atomic E-state index is 0.0526. The predicted octanol–water partition coefficient (Wildman–Crippen LogP) is 4.89. The minimum Gasteiger partial charge on any atom is -0.481 e. The number of benzene rings is 1. The number of rotatable bonds is 5. The highest BCUT2D eigenvalue weighted by Crippen LogP contribution is 2.36. The summed E-state index contributed by atoms with van der Waals surface area (Å²) < 4.78 is 5.63. The third-order valence-corrected chi connectivity index (χ3v) is 6.28. The van der Waals surface area contributed by atoms with E-state index in [4.69, 9.17) is 39.5 Å². The van der Waals surface area contributed by atoms with Gasteiger partial charge in [0.15, 0.2) is 12.4 Å². The predicted molar refractivity (Wildman–Crippen MR) is 107 cm³/mol. The molecule has 2 atom stereocenters. The highest BCUT2D eigenvalue weighted by atomic mass is 35.5. The minimum atomic E-state index is -0.0825. The number of likely N-dealkylation sites (N-methyl/N-ethyl adjacent to an activating group) is 1. The Morgan fingerprint density at radius 2 is 1.73 bits per heavy atom. The Labute approximate surface area is 170 Å². The van der Waals surface area contributed by atoms with Crippen LogP contribution in [0, 0.1) is 0 Å². The van der Waals surface area contributed by atoms with Crippen LogP contribution in [0.2, 0.25) is 15.1 Å². The molecule has 1 heterocycles. The first kappa shape index (κ1) is 20.1. The summed E-state index contributed by atoms with van der Waals surface area (Å²) in [5.41, 5.74) is 0. The molecule has 0 unspecified atom stereocenters. The number of likely N-dealkylation sites (tertiary alicyclic amines) is 1. The maximum Gasteiger partial charge on any atom is 0.260 e. The molecule has 0 bridgehead atoms. The summed E-state index contributed by atoms with van der Waals surface area (Å²) in [5.74, 6) is 0.252. The van der Waals surface area contributed by atoms with Crippen molar-refractivity contribution in [2.75, 3.05) is 26.7 Å². The van der Waals surface area contributed by atoms with E-state index in [9.17, 15) is 4.79 Å². The van der Waals surface area contributed by atoms with Gasteiger partial charge in [0.25, 0.3) is 5.91 Å². The lowest BCUT2D eigenvalue weighted by atomic mass is 9.88. The Morgan fingerprint density at radius 1 is 1.12 bits per heavy atom. The largest absolute Gasteiger partial charge is 0.481 e. The zero-order chi connectivity index (χ0) is 18.7. The lowest BCUT2D eigenvalue weighted by Crippen LogP contribution is -2.54. The molecule has 144 valence electrons. The SMILES string of the molecule is CN(C(=O)COc1c(Cl)cc(Cl)cc1Cl)[C@@H]1CCCC[C@H]1N1CCCC1. The van der Waals surface area contributed by atoms with Crippen molar-refractivity contribution in [2.24, 2.45) is 0 Å². The fourth-order valence-corrected chi connectivity index (χ4v) is 5.06. The molecule has 26 heavy (non-hydrogen) atoms. The van der Waals surface area contributed by atoms with Gasteiger partial charge in [-0.2, -0.15) is 0 Å². The number of amides is 1. The van der Waals surface area contributed by atoms with Gasteiger partial charge in [-0.3, -0.25) is 9.69 Å². The van der Waals surface area contributed by atoms with E-state index in [1.165, 1.54) is 25.7 Å². The monoisotopic (exact) mass is 418 g/mol. The Bertz CT molecular complexity index is 627. The quantitative estimate of drug-likeness (QED) is 0.681. The molecule has 7 heteroatoms. The Kier molecular flexibility index (Phi) is 6.95. The molecule has 2 fully saturated rings. The van der Waals surface area contributed by atoms with Crippen molar-refractivity contribution >= 4 is 40.7 Å². The van der Waals surface area contributed by atoms with Crippen LogP contribution in [-0.4, -0.2) is 54.5 Å². The van der Waals surface area contributed by atoms with Gasteiger partial charge in [0.2, 0.25) is 0 Å². The highest BCUT2D eigenvalue weighted by molar-refractivity contribution is 6.40. The van der Waals surface area contributed by atoms with E-state index in [1.807, 2.05) is 11.9 Å². The summed E-state index contributed by atoms with van der Waals surface area (Å²) in [7, 11) is 1.88. The molecule has 0 aromatic heterocycles. The molecular formula is C19H25Cl3N2O2. The van der Waals surface area contributed by atoms with Crippen LogP contribution in [0.1, 0.15) is 38.5 Å². The number of halogens is 3. The molecule has 1 aliphatic carbocycles. The van der Waals surface area contributed by atoms with Gasteiger partial charge in [-0.25, -0.2) is 0 Å². The first-order valence-corrected chi connectivity index (χ1v) is 10.4. The molecule has 0 spiro atoms. The van der Waals surface area contributed by atoms with Gasteiger partial charge in [-0.05, 0) is 50.9 Å². The number of nitrogens with zero attached hydrogens (tertiary/aromatic N) is 2. The third kappa shape index (κ3) is 4.59. The van der Waals surface area contributed by atoms with E-state index < -0.39 is 0 Å². The maximum absolute atomic E-state index is 12.7. The molecule has 2 aliphatic rings. The van der Waals surface area contributed by atoms with Crippen LogP contribution in [0.5, 0.6) is 5.75 Å². The molecule has 1 saturated heterocycles. The van der Waals surface area contributed by atoms with Crippen LogP contribution in [-0.2, 0) is 4.79 Å². The zero-order valence-corrected chi connectivity index (χ0v) is 17.3. The standard InChI is InChI=1S/C19H25Cl3N2O2/c1-23(16-6-2-3-7-17(16)24-8-4-5-9-24)18(25)12-26-19-14(21)10-13(20)11-15(19)22/h10-11,16-17H,2-9,12H2,1H3/t16-,17-/m1/s1. The summed E-state index contributed by atoms with van der Waals surface area (Å²) >= 11 is 18.2. The van der Waals surface area contributed by atoms with E-state index in [0.717, 1.165) is 25.9 Å². The van der Waals surface area contributed by atoms with Crippen LogP contribution in [0.15, 0.2) is 12.1 Å². The van der Waals surface area contributed by atoms with Crippen molar-refractivity contribution in [1.82, 2.24) is 9.80 Å². The summed E-state index contributed by atoms with van der Waals surface area (Å²) in [4.78, 5) is 17.2. The number of carbonyl (C=O) groups excluding carboxylic acids is 1. The number of hydrogen-bond donors (Lipinski definition) is 0. The topological polar surface area (TPSA) is 32.8 Å². The summed E-state index contributed by atoms with van der Waals surface area (Å²) in [6.07, 6.45) is 7.15. The van der Waals surface area contributed by atoms with Gasteiger partial charge in [0.1, 0.15) is 0 Å². The number of ether oxygens (including phenoxy) is 1. The molecule has 0 radical (unpaired) electrons. The van der Waals surface area contributed by atoms with Crippen molar-refractivity contribution in [3.63, 3.8) is 0 Å². The van der Waals surface area contributed by atoms with E-state index in [2.05, 4.69) is 4.90 Å². The Balaban J connectivity index is 1.63. The van der Waals surface area contributed by atoms with Crippen molar-refractivity contribution in [1.29, 1.82) is 0 Å². The third-order valence-electron chi connectivity index (χ3n) is 5.50. The zero-order valence-electron chi connectivity index (χ0n) is 15.0. The molecular weight excluding hydrogens is 395 g/mol. The number of hydrogen-bond acceptors (Lipinski definition) is 3. The van der Waals surface area contributed by atoms with Crippen molar-refractivity contribution in [2.45, 2.75) is 50.6 Å². The normalized spacial score (nSPS) is 23.8. The smallest absolute Gasteiger partial charge is 0.260 e. The molecule has 1 aliphatic heterocycles. The molecule has 1 aromatic rings. The van der Waals surface area contributed by atoms with Gasteiger partial charge in [-0.1, -0.05) is 47.6 Å². The molecule has 4 nitrogen and oxygen atoms in total. The van der Waals surface area contributed by atoms with E-state index in [0.29, 0.717) is 26.9 Å². The van der Waals surface area contributed by atoms with Gasteiger partial charge in [0, 0.05) is 24.2 Å². The van der Waals surface area contributed by atoms with E-state index in [1.54, 1.807) is 12.1 Å². The second-order valence-corrected chi connectivity index (χ2v) is 8.40. The second kappa shape index (κ2) is 9.01. The lowest BCUT2D eigenvalue weighted by molar-refractivity contribution is -0.136. The van der Waals surface area contributed by atoms with Crippen LogP contribution < -0.4 is 4.74 Å². The average molecular weight is 420 g/mol. The van der Waals surface area contributed by atoms with Crippen LogP contribution in [0.3, 0.4) is 0 Å². The fraction of sp³-hybridized carbons (Fsp3) is 0.632. The van der Waals surface area contributed by atoms with Crippen molar-refractivity contribution in [3.05, 3.63) is 27.2 Å².